The highest BCUT2D eigenvalue weighted by Crippen LogP contribution is 2.30. The van der Waals surface area contributed by atoms with Crippen molar-refractivity contribution in [3.05, 3.63) is 65.0 Å². The van der Waals surface area contributed by atoms with E-state index < -0.39 is 0 Å². The standard InChI is InChI=1S/C26H31N3OS/c1-2-3-4-5-9-20-12-14-21(15-13-20)25(30)27-23-11-8-10-22(18-23)24-19-31-26(28-24)29-16-6-7-17-29/h8,10-15,18-19H,2-7,9,16-17H2,1H3,(H,27,30). The fourth-order valence-corrected chi connectivity index (χ4v) is 4.88. The van der Waals surface area contributed by atoms with Crippen LogP contribution in [0.25, 0.3) is 11.3 Å². The highest BCUT2D eigenvalue weighted by atomic mass is 32.1. The second-order valence-corrected chi connectivity index (χ2v) is 9.09. The van der Waals surface area contributed by atoms with Crippen LogP contribution in [0.3, 0.4) is 0 Å². The summed E-state index contributed by atoms with van der Waals surface area (Å²) >= 11 is 1.70. The minimum atomic E-state index is -0.0780. The normalized spacial score (nSPS) is 13.5. The summed E-state index contributed by atoms with van der Waals surface area (Å²) in [5, 5.41) is 6.24. The van der Waals surface area contributed by atoms with Gasteiger partial charge >= 0.3 is 0 Å². The fourth-order valence-electron chi connectivity index (χ4n) is 3.99. The third-order valence-electron chi connectivity index (χ3n) is 5.82. The summed E-state index contributed by atoms with van der Waals surface area (Å²) in [7, 11) is 0. The Bertz CT molecular complexity index is 990. The van der Waals surface area contributed by atoms with Gasteiger partial charge in [-0.3, -0.25) is 4.79 Å². The number of unbranched alkanes of at least 4 members (excludes halogenated alkanes) is 3. The first kappa shape index (κ1) is 21.6. The van der Waals surface area contributed by atoms with Gasteiger partial charge in [0.2, 0.25) is 0 Å². The average Bonchev–Trinajstić information content (AvgIpc) is 3.49. The molecule has 1 aliphatic rings. The zero-order chi connectivity index (χ0) is 21.5. The van der Waals surface area contributed by atoms with Gasteiger partial charge in [0.1, 0.15) is 0 Å². The maximum Gasteiger partial charge on any atom is 0.255 e. The lowest BCUT2D eigenvalue weighted by atomic mass is 10.0. The maximum atomic E-state index is 12.7. The van der Waals surface area contributed by atoms with Gasteiger partial charge < -0.3 is 10.2 Å². The molecule has 1 amide bonds. The number of benzene rings is 2. The Balaban J connectivity index is 1.37. The number of rotatable bonds is 9. The lowest BCUT2D eigenvalue weighted by Gasteiger charge is -2.12. The Morgan fingerprint density at radius 1 is 1.06 bits per heavy atom. The molecule has 1 N–H and O–H groups in total. The van der Waals surface area contributed by atoms with Crippen molar-refractivity contribution in [3.8, 4) is 11.3 Å². The Hall–Kier alpha value is -2.66. The first-order valence-electron chi connectivity index (χ1n) is 11.4. The molecule has 5 heteroatoms. The molecule has 0 radical (unpaired) electrons. The molecular formula is C26H31N3OS. The number of aromatic nitrogens is 1. The first-order chi connectivity index (χ1) is 15.2. The van der Waals surface area contributed by atoms with E-state index in [1.54, 1.807) is 11.3 Å². The highest BCUT2D eigenvalue weighted by Gasteiger charge is 2.16. The molecule has 1 saturated heterocycles. The predicted molar refractivity (Wildman–Crippen MR) is 131 cm³/mol. The Kier molecular flexibility index (Phi) is 7.36. The Morgan fingerprint density at radius 3 is 2.65 bits per heavy atom. The molecule has 0 aliphatic carbocycles. The van der Waals surface area contributed by atoms with Crippen LogP contribution in [0.5, 0.6) is 0 Å². The van der Waals surface area contributed by atoms with Crippen molar-refractivity contribution in [1.82, 2.24) is 4.98 Å². The van der Waals surface area contributed by atoms with Crippen LogP contribution in [0.2, 0.25) is 0 Å². The molecule has 4 rings (SSSR count). The molecule has 3 aromatic rings. The van der Waals surface area contributed by atoms with E-state index in [4.69, 9.17) is 4.98 Å². The quantitative estimate of drug-likeness (QED) is 0.378. The summed E-state index contributed by atoms with van der Waals surface area (Å²) in [5.41, 5.74) is 4.78. The van der Waals surface area contributed by atoms with Gasteiger partial charge in [-0.1, -0.05) is 50.5 Å². The number of nitrogens with zero attached hydrogens (tertiary/aromatic N) is 2. The largest absolute Gasteiger partial charge is 0.348 e. The molecule has 31 heavy (non-hydrogen) atoms. The van der Waals surface area contributed by atoms with Crippen LogP contribution in [0.4, 0.5) is 10.8 Å². The number of carbonyl (C=O) groups excluding carboxylic acids is 1. The average molecular weight is 434 g/mol. The molecule has 1 aromatic heterocycles. The van der Waals surface area contributed by atoms with Crippen molar-refractivity contribution >= 4 is 28.1 Å². The van der Waals surface area contributed by atoms with Crippen LogP contribution in [0.1, 0.15) is 61.4 Å². The zero-order valence-corrected chi connectivity index (χ0v) is 19.1. The SMILES string of the molecule is CCCCCCc1ccc(C(=O)Nc2cccc(-c3csc(N4CCCC4)n3)c2)cc1. The summed E-state index contributed by atoms with van der Waals surface area (Å²) in [4.78, 5) is 19.9. The second kappa shape index (κ2) is 10.6. The number of aryl methyl sites for hydroxylation is 1. The Morgan fingerprint density at radius 2 is 1.87 bits per heavy atom. The second-order valence-electron chi connectivity index (χ2n) is 8.25. The molecule has 0 unspecified atom stereocenters. The lowest BCUT2D eigenvalue weighted by Crippen LogP contribution is -2.17. The zero-order valence-electron chi connectivity index (χ0n) is 18.3. The minimum Gasteiger partial charge on any atom is -0.348 e. The van der Waals surface area contributed by atoms with Crippen molar-refractivity contribution in [2.45, 2.75) is 51.9 Å². The van der Waals surface area contributed by atoms with Crippen molar-refractivity contribution < 1.29 is 4.79 Å². The van der Waals surface area contributed by atoms with Crippen molar-refractivity contribution in [1.29, 1.82) is 0 Å². The number of thiazole rings is 1. The molecule has 1 fully saturated rings. The molecule has 0 bridgehead atoms. The molecule has 2 heterocycles. The topological polar surface area (TPSA) is 45.2 Å². The predicted octanol–water partition coefficient (Wildman–Crippen LogP) is 6.79. The van der Waals surface area contributed by atoms with E-state index in [2.05, 4.69) is 34.7 Å². The van der Waals surface area contributed by atoms with Crippen LogP contribution in [-0.2, 0) is 6.42 Å². The monoisotopic (exact) mass is 433 g/mol. The molecule has 162 valence electrons. The number of carbonyl (C=O) groups is 1. The van der Waals surface area contributed by atoms with Gasteiger partial charge in [-0.2, -0.15) is 0 Å². The van der Waals surface area contributed by atoms with Crippen molar-refractivity contribution in [3.63, 3.8) is 0 Å². The molecule has 0 spiro atoms. The van der Waals surface area contributed by atoms with E-state index in [9.17, 15) is 4.79 Å². The molecule has 0 saturated carbocycles. The van der Waals surface area contributed by atoms with Gasteiger partial charge in [-0.15, -0.1) is 11.3 Å². The summed E-state index contributed by atoms with van der Waals surface area (Å²) in [6.07, 6.45) is 8.60. The highest BCUT2D eigenvalue weighted by molar-refractivity contribution is 7.14. The van der Waals surface area contributed by atoms with E-state index in [-0.39, 0.29) is 5.91 Å². The van der Waals surface area contributed by atoms with Gasteiger partial charge in [0.05, 0.1) is 5.69 Å². The number of anilines is 2. The maximum absolute atomic E-state index is 12.7. The smallest absolute Gasteiger partial charge is 0.255 e. The third kappa shape index (κ3) is 5.73. The van der Waals surface area contributed by atoms with Crippen LogP contribution in [-0.4, -0.2) is 24.0 Å². The Labute approximate surface area is 189 Å². The molecular weight excluding hydrogens is 402 g/mol. The van der Waals surface area contributed by atoms with Crippen LogP contribution >= 0.6 is 11.3 Å². The molecule has 1 aliphatic heterocycles. The van der Waals surface area contributed by atoms with Gasteiger partial charge in [-0.25, -0.2) is 4.98 Å². The third-order valence-corrected chi connectivity index (χ3v) is 6.72. The van der Waals surface area contributed by atoms with Crippen LogP contribution in [0.15, 0.2) is 53.9 Å². The number of nitrogens with one attached hydrogen (secondary N) is 1. The first-order valence-corrected chi connectivity index (χ1v) is 12.3. The van der Waals surface area contributed by atoms with Gasteiger partial charge in [0, 0.05) is 35.3 Å². The van der Waals surface area contributed by atoms with E-state index in [1.165, 1.54) is 44.1 Å². The van der Waals surface area contributed by atoms with Gasteiger partial charge in [0.15, 0.2) is 5.13 Å². The van der Waals surface area contributed by atoms with E-state index in [0.29, 0.717) is 5.56 Å². The number of hydrogen-bond donors (Lipinski definition) is 1. The molecule has 0 atom stereocenters. The number of amides is 1. The fraction of sp³-hybridized carbons (Fsp3) is 0.385. The summed E-state index contributed by atoms with van der Waals surface area (Å²) in [5.74, 6) is -0.0780. The minimum absolute atomic E-state index is 0.0780. The summed E-state index contributed by atoms with van der Waals surface area (Å²) in [6, 6.07) is 16.0. The van der Waals surface area contributed by atoms with E-state index >= 15 is 0 Å². The van der Waals surface area contributed by atoms with E-state index in [1.807, 2.05) is 36.4 Å². The molecule has 4 nitrogen and oxygen atoms in total. The number of hydrogen-bond acceptors (Lipinski definition) is 4. The van der Waals surface area contributed by atoms with Crippen LogP contribution in [0, 0.1) is 0 Å². The molecule has 2 aromatic carbocycles. The van der Waals surface area contributed by atoms with Crippen molar-refractivity contribution in [2.75, 3.05) is 23.3 Å². The van der Waals surface area contributed by atoms with Gasteiger partial charge in [-0.05, 0) is 55.5 Å². The summed E-state index contributed by atoms with van der Waals surface area (Å²) in [6.45, 7) is 4.42. The van der Waals surface area contributed by atoms with E-state index in [0.717, 1.165) is 41.6 Å². The summed E-state index contributed by atoms with van der Waals surface area (Å²) < 4.78 is 0. The van der Waals surface area contributed by atoms with Crippen LogP contribution < -0.4 is 10.2 Å². The van der Waals surface area contributed by atoms with Crippen molar-refractivity contribution in [2.24, 2.45) is 0 Å². The lowest BCUT2D eigenvalue weighted by molar-refractivity contribution is 0.102. The van der Waals surface area contributed by atoms with Gasteiger partial charge in [0.25, 0.3) is 5.91 Å².